The first-order chi connectivity index (χ1) is 35.2. The first kappa shape index (κ1) is 60.1. The molecule has 3 heterocycles. The summed E-state index contributed by atoms with van der Waals surface area (Å²) in [5, 5.41) is 8.51. The van der Waals surface area contributed by atoms with Crippen molar-refractivity contribution in [3.05, 3.63) is 71.3 Å². The second-order valence-corrected chi connectivity index (χ2v) is 18.3. The number of aldehydes is 1. The number of hydrogen-bond donors (Lipinski definition) is 0. The minimum Gasteiger partial charge on any atom is -0.494 e. The van der Waals surface area contributed by atoms with Gasteiger partial charge in [0.25, 0.3) is 0 Å². The summed E-state index contributed by atoms with van der Waals surface area (Å²) in [7, 11) is 0. The first-order valence-corrected chi connectivity index (χ1v) is 27.3. The predicted molar refractivity (Wildman–Crippen MR) is 277 cm³/mol. The van der Waals surface area contributed by atoms with Gasteiger partial charge in [0, 0.05) is 39.3 Å². The number of hydrogen-bond acceptors (Lipinski definition) is 15. The van der Waals surface area contributed by atoms with Crippen LogP contribution in [0, 0.1) is 0 Å². The number of nitrogens with zero attached hydrogens (tertiary/aromatic N) is 6. The average molecular weight is 997 g/mol. The standard InChI is InChI=1S/C55H92N6O10/c1-2-3-4-5-6-7-8-9-10-11-12-13-14-15-16-17-30-71-55-23-21-51(22-24-55)46-61-48-54(57-58-61)50-70-45-44-69-43-42-68-41-40-67-39-38-66-37-36-65-35-34-64-33-32-63-31-29-59-25-27-60(28-26-59)47-52-19-18-20-53(49-62)56-52/h18-24,48-49H,2-17,25-47,50H2,1H3. The van der Waals surface area contributed by atoms with Gasteiger partial charge in [0.05, 0.1) is 131 Å². The highest BCUT2D eigenvalue weighted by molar-refractivity contribution is 5.71. The average Bonchev–Trinajstić information content (AvgIpc) is 3.84. The number of carbonyl (C=O) groups is 1. The quantitative estimate of drug-likeness (QED) is 0.0392. The molecule has 0 N–H and O–H groups in total. The summed E-state index contributed by atoms with van der Waals surface area (Å²) >= 11 is 0. The van der Waals surface area contributed by atoms with Crippen LogP contribution in [0.2, 0.25) is 0 Å². The number of unbranched alkanes of at least 4 members (excludes halogenated alkanes) is 15. The Balaban J connectivity index is 0.805. The van der Waals surface area contributed by atoms with Crippen molar-refractivity contribution in [3.63, 3.8) is 0 Å². The molecule has 0 radical (unpaired) electrons. The van der Waals surface area contributed by atoms with Crippen LogP contribution in [-0.4, -0.2) is 174 Å². The van der Waals surface area contributed by atoms with E-state index in [0.717, 1.165) is 81.3 Å². The molecule has 71 heavy (non-hydrogen) atoms. The van der Waals surface area contributed by atoms with E-state index in [1.54, 1.807) is 6.07 Å². The number of pyridine rings is 1. The molecule has 0 atom stereocenters. The second-order valence-electron chi connectivity index (χ2n) is 18.3. The molecule has 402 valence electrons. The summed E-state index contributed by atoms with van der Waals surface area (Å²) in [5.74, 6) is 0.920. The van der Waals surface area contributed by atoms with Crippen LogP contribution in [0.5, 0.6) is 5.75 Å². The summed E-state index contributed by atoms with van der Waals surface area (Å²) in [6, 6.07) is 13.9. The fourth-order valence-electron chi connectivity index (χ4n) is 8.16. The van der Waals surface area contributed by atoms with Gasteiger partial charge in [-0.1, -0.05) is 127 Å². The van der Waals surface area contributed by atoms with Crippen LogP contribution < -0.4 is 4.74 Å². The van der Waals surface area contributed by atoms with E-state index in [4.69, 9.17) is 42.6 Å². The van der Waals surface area contributed by atoms with Crippen molar-refractivity contribution in [3.8, 4) is 5.75 Å². The van der Waals surface area contributed by atoms with Crippen molar-refractivity contribution in [2.24, 2.45) is 0 Å². The highest BCUT2D eigenvalue weighted by Gasteiger charge is 2.17. The molecule has 0 bridgehead atoms. The third-order valence-corrected chi connectivity index (χ3v) is 12.3. The van der Waals surface area contributed by atoms with Gasteiger partial charge in [-0.3, -0.25) is 14.6 Å². The van der Waals surface area contributed by atoms with E-state index in [2.05, 4.69) is 44.2 Å². The van der Waals surface area contributed by atoms with E-state index in [1.165, 1.54) is 96.3 Å². The molecule has 3 aromatic rings. The van der Waals surface area contributed by atoms with Crippen LogP contribution in [0.15, 0.2) is 48.7 Å². The molecule has 1 aliphatic heterocycles. The van der Waals surface area contributed by atoms with Crippen molar-refractivity contribution >= 4 is 6.29 Å². The Bertz CT molecular complexity index is 1660. The van der Waals surface area contributed by atoms with Gasteiger partial charge in [-0.25, -0.2) is 9.67 Å². The summed E-state index contributed by atoms with van der Waals surface area (Å²) < 4.78 is 52.8. The smallest absolute Gasteiger partial charge is 0.168 e. The Morgan fingerprint density at radius 3 is 1.45 bits per heavy atom. The topological polar surface area (TPSA) is 150 Å². The van der Waals surface area contributed by atoms with Crippen molar-refractivity contribution in [2.75, 3.05) is 138 Å². The van der Waals surface area contributed by atoms with Crippen LogP contribution in [-0.2, 0) is 57.6 Å². The largest absolute Gasteiger partial charge is 0.494 e. The van der Waals surface area contributed by atoms with Gasteiger partial charge >= 0.3 is 0 Å². The molecule has 0 saturated carbocycles. The van der Waals surface area contributed by atoms with E-state index >= 15 is 0 Å². The molecule has 2 aromatic heterocycles. The van der Waals surface area contributed by atoms with Gasteiger partial charge in [-0.2, -0.15) is 0 Å². The third-order valence-electron chi connectivity index (χ3n) is 12.3. The minimum absolute atomic E-state index is 0.385. The maximum atomic E-state index is 11.0. The highest BCUT2D eigenvalue weighted by atomic mass is 16.6. The number of carbonyl (C=O) groups excluding carboxylic acids is 1. The van der Waals surface area contributed by atoms with E-state index in [-0.39, 0.29) is 0 Å². The van der Waals surface area contributed by atoms with E-state index in [0.29, 0.717) is 118 Å². The van der Waals surface area contributed by atoms with Crippen LogP contribution in [0.3, 0.4) is 0 Å². The summed E-state index contributed by atoms with van der Waals surface area (Å²) in [4.78, 5) is 20.1. The van der Waals surface area contributed by atoms with Crippen molar-refractivity contribution < 1.29 is 47.4 Å². The molecular formula is C55H92N6O10. The number of benzene rings is 1. The second kappa shape index (κ2) is 43.0. The van der Waals surface area contributed by atoms with Gasteiger partial charge in [0.2, 0.25) is 0 Å². The van der Waals surface area contributed by atoms with Crippen molar-refractivity contribution in [2.45, 2.75) is 129 Å². The summed E-state index contributed by atoms with van der Waals surface area (Å²) in [6.07, 6.45) is 24.7. The first-order valence-electron chi connectivity index (χ1n) is 27.3. The number of piperazine rings is 1. The zero-order valence-electron chi connectivity index (χ0n) is 43.7. The lowest BCUT2D eigenvalue weighted by Gasteiger charge is -2.34. The van der Waals surface area contributed by atoms with E-state index < -0.39 is 0 Å². The minimum atomic E-state index is 0.385. The zero-order chi connectivity index (χ0) is 49.8. The molecule has 1 fully saturated rings. The predicted octanol–water partition coefficient (Wildman–Crippen LogP) is 8.62. The normalized spacial score (nSPS) is 13.4. The molecule has 0 spiro atoms. The highest BCUT2D eigenvalue weighted by Crippen LogP contribution is 2.16. The lowest BCUT2D eigenvalue weighted by molar-refractivity contribution is -0.0242. The van der Waals surface area contributed by atoms with Crippen LogP contribution in [0.25, 0.3) is 0 Å². The summed E-state index contributed by atoms with van der Waals surface area (Å²) in [5.41, 5.74) is 3.36. The van der Waals surface area contributed by atoms with Gasteiger partial charge in [0.15, 0.2) is 6.29 Å². The van der Waals surface area contributed by atoms with Gasteiger partial charge in [0.1, 0.15) is 17.1 Å². The maximum absolute atomic E-state index is 11.0. The SMILES string of the molecule is CCCCCCCCCCCCCCCCCCOc1ccc(Cn2cc(COCCOCCOCCOCCOCCOCCOCCOCCN3CCN(Cc4cccc(C=O)n4)CC3)nn2)cc1. The van der Waals surface area contributed by atoms with Crippen LogP contribution in [0.4, 0.5) is 0 Å². The molecule has 1 saturated heterocycles. The fourth-order valence-corrected chi connectivity index (χ4v) is 8.16. The van der Waals surface area contributed by atoms with Gasteiger partial charge in [-0.15, -0.1) is 5.10 Å². The van der Waals surface area contributed by atoms with Crippen LogP contribution >= 0.6 is 0 Å². The lowest BCUT2D eigenvalue weighted by Crippen LogP contribution is -2.46. The number of aromatic nitrogens is 4. The fraction of sp³-hybridized carbons (Fsp3) is 0.745. The van der Waals surface area contributed by atoms with Crippen molar-refractivity contribution in [1.29, 1.82) is 0 Å². The zero-order valence-corrected chi connectivity index (χ0v) is 43.7. The van der Waals surface area contributed by atoms with E-state index in [9.17, 15) is 4.79 Å². The Hall–Kier alpha value is -3.42. The molecule has 4 rings (SSSR count). The molecule has 16 nitrogen and oxygen atoms in total. The Kier molecular flexibility index (Phi) is 36.4. The molecule has 0 amide bonds. The monoisotopic (exact) mass is 997 g/mol. The number of rotatable bonds is 49. The summed E-state index contributed by atoms with van der Waals surface area (Å²) in [6.45, 7) is 17.5. The van der Waals surface area contributed by atoms with Gasteiger partial charge in [-0.05, 0) is 36.2 Å². The molecule has 0 unspecified atom stereocenters. The maximum Gasteiger partial charge on any atom is 0.168 e. The molecule has 0 aliphatic carbocycles. The Labute approximate surface area is 427 Å². The lowest BCUT2D eigenvalue weighted by atomic mass is 10.0. The molecular weight excluding hydrogens is 905 g/mol. The Morgan fingerprint density at radius 2 is 0.944 bits per heavy atom. The molecule has 16 heteroatoms. The van der Waals surface area contributed by atoms with Crippen molar-refractivity contribution in [1.82, 2.24) is 29.8 Å². The third kappa shape index (κ3) is 32.4. The molecule has 1 aromatic carbocycles. The number of ether oxygens (including phenoxy) is 9. The van der Waals surface area contributed by atoms with Crippen LogP contribution in [0.1, 0.15) is 137 Å². The van der Waals surface area contributed by atoms with Gasteiger partial charge < -0.3 is 42.6 Å². The Morgan fingerprint density at radius 1 is 0.479 bits per heavy atom. The molecule has 1 aliphatic rings. The van der Waals surface area contributed by atoms with E-state index in [1.807, 2.05) is 35.1 Å².